The van der Waals surface area contributed by atoms with Gasteiger partial charge in [-0.05, 0) is 54.4 Å². The van der Waals surface area contributed by atoms with Gasteiger partial charge < -0.3 is 9.73 Å². The summed E-state index contributed by atoms with van der Waals surface area (Å²) in [5.41, 5.74) is 1.75. The van der Waals surface area contributed by atoms with Crippen LogP contribution in [0.5, 0.6) is 0 Å². The Hall–Kier alpha value is -0.670. The molecule has 5 heteroatoms. The lowest BCUT2D eigenvalue weighted by molar-refractivity contribution is 0.550. The first-order valence-electron chi connectivity index (χ1n) is 6.04. The Morgan fingerprint density at radius 2 is 1.95 bits per heavy atom. The molecule has 1 aromatic heterocycles. The van der Waals surface area contributed by atoms with Crippen LogP contribution in [0.25, 0.3) is 0 Å². The minimum absolute atomic E-state index is 0.127. The van der Waals surface area contributed by atoms with Gasteiger partial charge in [0.2, 0.25) is 0 Å². The average Bonchev–Trinajstić information content (AvgIpc) is 2.80. The third-order valence-electron chi connectivity index (χ3n) is 2.82. The SMILES string of the molecule is CCCNC(c1cc(Cl)ccc1Cl)c1ccoc1Cl. The van der Waals surface area contributed by atoms with E-state index in [9.17, 15) is 0 Å². The van der Waals surface area contributed by atoms with Crippen LogP contribution in [0.2, 0.25) is 15.3 Å². The van der Waals surface area contributed by atoms with Crippen LogP contribution in [-0.4, -0.2) is 6.54 Å². The zero-order valence-electron chi connectivity index (χ0n) is 10.4. The van der Waals surface area contributed by atoms with Gasteiger partial charge in [0.25, 0.3) is 0 Å². The van der Waals surface area contributed by atoms with E-state index >= 15 is 0 Å². The molecule has 2 aromatic rings. The molecule has 0 saturated heterocycles. The van der Waals surface area contributed by atoms with Crippen LogP contribution < -0.4 is 5.32 Å². The molecule has 1 atom stereocenters. The second-order valence-electron chi connectivity index (χ2n) is 4.20. The first-order valence-corrected chi connectivity index (χ1v) is 7.18. The number of hydrogen-bond acceptors (Lipinski definition) is 2. The van der Waals surface area contributed by atoms with Crippen LogP contribution in [0.3, 0.4) is 0 Å². The number of benzene rings is 1. The fourth-order valence-electron chi connectivity index (χ4n) is 1.92. The number of rotatable bonds is 5. The summed E-state index contributed by atoms with van der Waals surface area (Å²) in [4.78, 5) is 0. The summed E-state index contributed by atoms with van der Waals surface area (Å²) in [6, 6.07) is 7.11. The first-order chi connectivity index (χ1) is 9.13. The summed E-state index contributed by atoms with van der Waals surface area (Å²) < 4.78 is 5.17. The van der Waals surface area contributed by atoms with Gasteiger partial charge in [0.1, 0.15) is 0 Å². The number of hydrogen-bond donors (Lipinski definition) is 1. The predicted octanol–water partition coefficient (Wildman–Crippen LogP) is 5.33. The summed E-state index contributed by atoms with van der Waals surface area (Å²) in [7, 11) is 0. The zero-order valence-corrected chi connectivity index (χ0v) is 12.7. The van der Waals surface area contributed by atoms with E-state index in [1.54, 1.807) is 18.4 Å². The third kappa shape index (κ3) is 3.46. The van der Waals surface area contributed by atoms with Crippen molar-refractivity contribution in [2.45, 2.75) is 19.4 Å². The molecular formula is C14H14Cl3NO. The van der Waals surface area contributed by atoms with E-state index in [4.69, 9.17) is 39.2 Å². The lowest BCUT2D eigenvalue weighted by Crippen LogP contribution is -2.23. The van der Waals surface area contributed by atoms with Crippen LogP contribution in [-0.2, 0) is 0 Å². The van der Waals surface area contributed by atoms with Gasteiger partial charge in [-0.2, -0.15) is 0 Å². The van der Waals surface area contributed by atoms with Gasteiger partial charge in [0.15, 0.2) is 5.22 Å². The Morgan fingerprint density at radius 1 is 1.16 bits per heavy atom. The van der Waals surface area contributed by atoms with E-state index in [1.807, 2.05) is 12.1 Å². The summed E-state index contributed by atoms with van der Waals surface area (Å²) >= 11 is 18.4. The summed E-state index contributed by atoms with van der Waals surface area (Å²) in [6.07, 6.45) is 2.57. The Kier molecular flexibility index (Phi) is 5.17. The highest BCUT2D eigenvalue weighted by Crippen LogP contribution is 2.34. The van der Waals surface area contributed by atoms with Crippen molar-refractivity contribution in [2.24, 2.45) is 0 Å². The summed E-state index contributed by atoms with van der Waals surface area (Å²) in [5.74, 6) is 0. The van der Waals surface area contributed by atoms with E-state index in [2.05, 4.69) is 12.2 Å². The molecule has 102 valence electrons. The number of furan rings is 1. The Bertz CT molecular complexity index is 553. The van der Waals surface area contributed by atoms with Crippen molar-refractivity contribution >= 4 is 34.8 Å². The minimum atomic E-state index is -0.127. The molecule has 1 aromatic carbocycles. The molecule has 2 rings (SSSR count). The predicted molar refractivity (Wildman–Crippen MR) is 80.3 cm³/mol. The minimum Gasteiger partial charge on any atom is -0.453 e. The van der Waals surface area contributed by atoms with Crippen molar-refractivity contribution in [3.63, 3.8) is 0 Å². The maximum Gasteiger partial charge on any atom is 0.198 e. The molecule has 0 aliphatic heterocycles. The lowest BCUT2D eigenvalue weighted by atomic mass is 10.0. The molecule has 2 nitrogen and oxygen atoms in total. The molecule has 0 radical (unpaired) electrons. The quantitative estimate of drug-likeness (QED) is 0.806. The molecule has 19 heavy (non-hydrogen) atoms. The van der Waals surface area contributed by atoms with Crippen LogP contribution in [0.1, 0.15) is 30.5 Å². The molecule has 1 heterocycles. The molecule has 1 unspecified atom stereocenters. The fourth-order valence-corrected chi connectivity index (χ4v) is 2.55. The standard InChI is InChI=1S/C14H14Cl3NO/c1-2-6-18-13(10-5-7-19-14(10)17)11-8-9(15)3-4-12(11)16/h3-5,7-8,13,18H,2,6H2,1H3. The second-order valence-corrected chi connectivity index (χ2v) is 5.39. The summed E-state index contributed by atoms with van der Waals surface area (Å²) in [5, 5.41) is 5.06. The second kappa shape index (κ2) is 6.67. The largest absolute Gasteiger partial charge is 0.453 e. The zero-order chi connectivity index (χ0) is 13.8. The maximum absolute atomic E-state index is 6.27. The van der Waals surface area contributed by atoms with Crippen LogP contribution in [0.4, 0.5) is 0 Å². The molecule has 1 N–H and O–H groups in total. The Balaban J connectivity index is 2.42. The topological polar surface area (TPSA) is 25.2 Å². The Morgan fingerprint density at radius 3 is 2.58 bits per heavy atom. The van der Waals surface area contributed by atoms with Gasteiger partial charge in [-0.3, -0.25) is 0 Å². The van der Waals surface area contributed by atoms with Gasteiger partial charge in [0, 0.05) is 15.6 Å². The van der Waals surface area contributed by atoms with E-state index in [0.717, 1.165) is 24.1 Å². The van der Waals surface area contributed by atoms with Gasteiger partial charge in [-0.25, -0.2) is 0 Å². The van der Waals surface area contributed by atoms with Gasteiger partial charge >= 0.3 is 0 Å². The van der Waals surface area contributed by atoms with Crippen LogP contribution >= 0.6 is 34.8 Å². The van der Waals surface area contributed by atoms with E-state index in [1.165, 1.54) is 0 Å². The first kappa shape index (κ1) is 14.7. The van der Waals surface area contributed by atoms with Crippen molar-refractivity contribution in [1.82, 2.24) is 5.32 Å². The molecule has 0 saturated carbocycles. The average molecular weight is 319 g/mol. The monoisotopic (exact) mass is 317 g/mol. The molecular weight excluding hydrogens is 305 g/mol. The van der Waals surface area contributed by atoms with E-state index in [0.29, 0.717) is 15.3 Å². The maximum atomic E-state index is 6.27. The fraction of sp³-hybridized carbons (Fsp3) is 0.286. The third-order valence-corrected chi connectivity index (χ3v) is 3.71. The van der Waals surface area contributed by atoms with Crippen LogP contribution in [0, 0.1) is 0 Å². The number of nitrogens with one attached hydrogen (secondary N) is 1. The Labute approximate surface area is 127 Å². The van der Waals surface area contributed by atoms with Crippen molar-refractivity contribution in [3.8, 4) is 0 Å². The van der Waals surface area contributed by atoms with Gasteiger partial charge in [-0.1, -0.05) is 30.1 Å². The molecule has 0 fully saturated rings. The lowest BCUT2D eigenvalue weighted by Gasteiger charge is -2.19. The summed E-state index contributed by atoms with van der Waals surface area (Å²) in [6.45, 7) is 2.94. The van der Waals surface area contributed by atoms with Crippen molar-refractivity contribution in [1.29, 1.82) is 0 Å². The highest BCUT2D eigenvalue weighted by atomic mass is 35.5. The van der Waals surface area contributed by atoms with Gasteiger partial charge in [-0.15, -0.1) is 0 Å². The number of halogens is 3. The molecule has 0 spiro atoms. The van der Waals surface area contributed by atoms with E-state index in [-0.39, 0.29) is 6.04 Å². The van der Waals surface area contributed by atoms with Gasteiger partial charge in [0.05, 0.1) is 12.3 Å². The molecule has 0 amide bonds. The van der Waals surface area contributed by atoms with E-state index < -0.39 is 0 Å². The van der Waals surface area contributed by atoms with Crippen LogP contribution in [0.15, 0.2) is 34.9 Å². The van der Waals surface area contributed by atoms with Crippen molar-refractivity contribution in [3.05, 3.63) is 56.9 Å². The normalized spacial score (nSPS) is 12.6. The van der Waals surface area contributed by atoms with Crippen molar-refractivity contribution < 1.29 is 4.42 Å². The molecule has 0 aliphatic carbocycles. The van der Waals surface area contributed by atoms with Crippen molar-refractivity contribution in [2.75, 3.05) is 6.54 Å². The molecule has 0 aliphatic rings. The highest BCUT2D eigenvalue weighted by molar-refractivity contribution is 6.33. The molecule has 0 bridgehead atoms. The smallest absolute Gasteiger partial charge is 0.198 e. The highest BCUT2D eigenvalue weighted by Gasteiger charge is 2.21.